The molecule has 0 fully saturated rings. The third-order valence-electron chi connectivity index (χ3n) is 10.6. The maximum Gasteiger partial charge on any atom is 0.0715 e. The van der Waals surface area contributed by atoms with E-state index in [-0.39, 0.29) is 0 Å². The van der Waals surface area contributed by atoms with Gasteiger partial charge in [-0.05, 0) is 108 Å². The third kappa shape index (κ3) is 5.56. The third-order valence-corrected chi connectivity index (χ3v) is 10.6. The molecule has 0 spiro atoms. The number of aryl methyl sites for hydroxylation is 2. The summed E-state index contributed by atoms with van der Waals surface area (Å²) in [5.74, 6) is 0. The first-order valence-electron chi connectivity index (χ1n) is 18.4. The smallest absolute Gasteiger partial charge is 0.0715 e. The Balaban J connectivity index is 1.27. The Morgan fingerprint density at radius 1 is 0.327 bits per heavy atom. The largest absolute Gasteiger partial charge is 0.248 e. The number of hydrogen-bond acceptors (Lipinski definition) is 1. The van der Waals surface area contributed by atoms with Crippen LogP contribution in [0.3, 0.4) is 0 Å². The number of rotatable bonds is 7. The van der Waals surface area contributed by atoms with Crippen LogP contribution in [0.25, 0.3) is 88.2 Å². The lowest BCUT2D eigenvalue weighted by molar-refractivity contribution is 1.12. The number of benzene rings is 8. The van der Waals surface area contributed by atoms with E-state index in [0.29, 0.717) is 0 Å². The van der Waals surface area contributed by atoms with E-state index >= 15 is 0 Å². The van der Waals surface area contributed by atoms with Crippen molar-refractivity contribution in [1.29, 1.82) is 0 Å². The van der Waals surface area contributed by atoms with Crippen molar-refractivity contribution >= 4 is 32.3 Å². The lowest BCUT2D eigenvalue weighted by atomic mass is 9.86. The molecule has 0 aliphatic heterocycles. The summed E-state index contributed by atoms with van der Waals surface area (Å²) in [7, 11) is 0. The number of aromatic nitrogens is 1. The molecular weight excluding hydrogens is 627 g/mol. The highest BCUT2D eigenvalue weighted by molar-refractivity contribution is 6.28. The van der Waals surface area contributed by atoms with Crippen molar-refractivity contribution in [2.75, 3.05) is 0 Å². The molecule has 0 radical (unpaired) electrons. The summed E-state index contributed by atoms with van der Waals surface area (Å²) in [4.78, 5) is 5.28. The summed E-state index contributed by atoms with van der Waals surface area (Å²) in [5, 5.41) is 7.60. The van der Waals surface area contributed by atoms with Gasteiger partial charge in [-0.25, -0.2) is 4.98 Å². The minimum Gasteiger partial charge on any atom is -0.248 e. The Morgan fingerprint density at radius 3 is 1.63 bits per heavy atom. The second kappa shape index (κ2) is 13.4. The van der Waals surface area contributed by atoms with Crippen molar-refractivity contribution in [2.24, 2.45) is 0 Å². The number of hydrogen-bond donors (Lipinski definition) is 0. The Labute approximate surface area is 305 Å². The summed E-state index contributed by atoms with van der Waals surface area (Å²) < 4.78 is 0. The molecule has 52 heavy (non-hydrogen) atoms. The fourth-order valence-electron chi connectivity index (χ4n) is 8.05. The average Bonchev–Trinajstić information content (AvgIpc) is 3.23. The first-order chi connectivity index (χ1) is 25.7. The van der Waals surface area contributed by atoms with Crippen LogP contribution in [0.5, 0.6) is 0 Å². The first-order valence-corrected chi connectivity index (χ1v) is 18.4. The normalized spacial score (nSPS) is 11.4. The van der Waals surface area contributed by atoms with Gasteiger partial charge in [-0.3, -0.25) is 0 Å². The Morgan fingerprint density at radius 2 is 0.885 bits per heavy atom. The Hall–Kier alpha value is -6.31. The molecule has 0 unspecified atom stereocenters. The predicted octanol–water partition coefficient (Wildman–Crippen LogP) is 14.0. The minimum absolute atomic E-state index is 0.968. The van der Waals surface area contributed by atoms with Gasteiger partial charge in [0.25, 0.3) is 0 Å². The second-order valence-corrected chi connectivity index (χ2v) is 13.6. The average molecular weight is 666 g/mol. The molecule has 0 aliphatic carbocycles. The van der Waals surface area contributed by atoms with Gasteiger partial charge in [0.2, 0.25) is 0 Å². The molecular formula is C51H39N. The van der Waals surface area contributed by atoms with Gasteiger partial charge in [-0.15, -0.1) is 0 Å². The van der Waals surface area contributed by atoms with Crippen molar-refractivity contribution in [3.63, 3.8) is 0 Å². The number of nitrogens with zero attached hydrogens (tertiary/aromatic N) is 1. The van der Waals surface area contributed by atoms with Crippen LogP contribution >= 0.6 is 0 Å². The van der Waals surface area contributed by atoms with Crippen LogP contribution in [0.4, 0.5) is 0 Å². The van der Waals surface area contributed by atoms with Crippen molar-refractivity contribution in [1.82, 2.24) is 4.98 Å². The molecule has 0 amide bonds. The van der Waals surface area contributed by atoms with Gasteiger partial charge in [0.15, 0.2) is 0 Å². The summed E-state index contributed by atoms with van der Waals surface area (Å²) >= 11 is 0. The zero-order valence-corrected chi connectivity index (χ0v) is 29.6. The Bertz CT molecular complexity index is 2680. The molecule has 0 N–H and O–H groups in total. The van der Waals surface area contributed by atoms with Crippen molar-refractivity contribution < 1.29 is 0 Å². The molecule has 1 heterocycles. The van der Waals surface area contributed by atoms with Gasteiger partial charge < -0.3 is 0 Å². The molecule has 0 aliphatic rings. The summed E-state index contributed by atoms with van der Waals surface area (Å²) in [5.41, 5.74) is 14.5. The topological polar surface area (TPSA) is 12.9 Å². The van der Waals surface area contributed by atoms with Crippen LogP contribution in [0.1, 0.15) is 25.0 Å². The zero-order chi connectivity index (χ0) is 35.0. The van der Waals surface area contributed by atoms with Gasteiger partial charge in [-0.1, -0.05) is 172 Å². The second-order valence-electron chi connectivity index (χ2n) is 13.6. The molecule has 8 aromatic carbocycles. The molecule has 0 saturated heterocycles. The highest BCUT2D eigenvalue weighted by Crippen LogP contribution is 2.43. The molecule has 0 atom stereocenters. The van der Waals surface area contributed by atoms with Gasteiger partial charge in [0, 0.05) is 11.1 Å². The maximum atomic E-state index is 5.28. The number of pyridine rings is 1. The van der Waals surface area contributed by atoms with E-state index in [9.17, 15) is 0 Å². The molecule has 1 aromatic heterocycles. The van der Waals surface area contributed by atoms with Gasteiger partial charge in [-0.2, -0.15) is 0 Å². The quantitative estimate of drug-likeness (QED) is 0.154. The minimum atomic E-state index is 0.968. The molecule has 248 valence electrons. The fraction of sp³-hybridized carbons (Fsp3) is 0.0784. The van der Waals surface area contributed by atoms with Gasteiger partial charge >= 0.3 is 0 Å². The highest BCUT2D eigenvalue weighted by Gasteiger charge is 2.17. The molecule has 0 saturated carbocycles. The van der Waals surface area contributed by atoms with Crippen LogP contribution in [0.15, 0.2) is 176 Å². The van der Waals surface area contributed by atoms with E-state index < -0.39 is 0 Å². The molecule has 0 bridgehead atoms. The van der Waals surface area contributed by atoms with E-state index in [1.807, 2.05) is 0 Å². The monoisotopic (exact) mass is 665 g/mol. The summed E-state index contributed by atoms with van der Waals surface area (Å²) in [6.45, 7) is 4.52. The lowest BCUT2D eigenvalue weighted by Crippen LogP contribution is -1.94. The van der Waals surface area contributed by atoms with E-state index in [2.05, 4.69) is 190 Å². The highest BCUT2D eigenvalue weighted by atomic mass is 14.7. The van der Waals surface area contributed by atoms with Crippen molar-refractivity contribution in [3.05, 3.63) is 187 Å². The first kappa shape index (κ1) is 31.7. The van der Waals surface area contributed by atoms with E-state index in [1.54, 1.807) is 0 Å². The standard InChI is InChI=1S/C51H39N/c1-3-34-16-11-12-21-41(34)42-28-26-38(30-35(42)4-2)43-24-15-25-46-44-22-13-14-23-45(44)48-31-39(27-29-47(48)51(43)46)50-33-40(36-17-7-5-8-18-36)32-49(52-50)37-19-9-6-10-20-37/h5-33H,3-4H2,1-2H3. The van der Waals surface area contributed by atoms with Crippen LogP contribution in [-0.2, 0) is 12.8 Å². The molecule has 1 nitrogen and oxygen atoms in total. The van der Waals surface area contributed by atoms with Gasteiger partial charge in [0.1, 0.15) is 0 Å². The van der Waals surface area contributed by atoms with Crippen LogP contribution in [0, 0.1) is 0 Å². The predicted molar refractivity (Wildman–Crippen MR) is 223 cm³/mol. The van der Waals surface area contributed by atoms with Gasteiger partial charge in [0.05, 0.1) is 11.4 Å². The summed E-state index contributed by atoms with van der Waals surface area (Å²) in [6, 6.07) is 64.1. The van der Waals surface area contributed by atoms with E-state index in [4.69, 9.17) is 4.98 Å². The summed E-state index contributed by atoms with van der Waals surface area (Å²) in [6.07, 6.45) is 1.99. The SMILES string of the molecule is CCc1ccccc1-c1ccc(-c2cccc3c4ccccc4c4cc(-c5cc(-c6ccccc6)cc(-c6ccccc6)n5)ccc4c23)cc1CC. The van der Waals surface area contributed by atoms with E-state index in [1.165, 1.54) is 71.3 Å². The lowest BCUT2D eigenvalue weighted by Gasteiger charge is -2.18. The van der Waals surface area contributed by atoms with Crippen molar-refractivity contribution in [3.8, 4) is 55.9 Å². The van der Waals surface area contributed by atoms with Crippen LogP contribution < -0.4 is 0 Å². The Kier molecular flexibility index (Phi) is 8.18. The molecule has 9 aromatic rings. The maximum absolute atomic E-state index is 5.28. The van der Waals surface area contributed by atoms with E-state index in [0.717, 1.165) is 40.9 Å². The van der Waals surface area contributed by atoms with Crippen LogP contribution in [0.2, 0.25) is 0 Å². The number of fused-ring (bicyclic) bond motifs is 6. The zero-order valence-electron chi connectivity index (χ0n) is 29.6. The van der Waals surface area contributed by atoms with Crippen LogP contribution in [-0.4, -0.2) is 4.98 Å². The molecule has 9 rings (SSSR count). The van der Waals surface area contributed by atoms with Crippen molar-refractivity contribution in [2.45, 2.75) is 26.7 Å². The fourth-order valence-corrected chi connectivity index (χ4v) is 8.05. The molecule has 1 heteroatoms.